The summed E-state index contributed by atoms with van der Waals surface area (Å²) in [6.07, 6.45) is 0. The number of ether oxygens (including phenoxy) is 2. The summed E-state index contributed by atoms with van der Waals surface area (Å²) in [6, 6.07) is 12.7. The Balaban J connectivity index is 1.61. The number of nitro groups is 1. The summed E-state index contributed by atoms with van der Waals surface area (Å²) in [5.74, 6) is 0.0359. The van der Waals surface area contributed by atoms with Crippen LogP contribution in [0.15, 0.2) is 57.9 Å². The van der Waals surface area contributed by atoms with Crippen molar-refractivity contribution in [2.45, 2.75) is 24.5 Å². The summed E-state index contributed by atoms with van der Waals surface area (Å²) >= 11 is 1.37. The Morgan fingerprint density at radius 2 is 2.00 bits per heavy atom. The highest BCUT2D eigenvalue weighted by atomic mass is 32.2. The number of amides is 1. The zero-order valence-electron chi connectivity index (χ0n) is 17.9. The molecule has 2 aromatic carbocycles. The molecular formula is C22H21N3O7S. The highest BCUT2D eigenvalue weighted by molar-refractivity contribution is 7.98. The Bertz CT molecular complexity index is 1160. The predicted molar refractivity (Wildman–Crippen MR) is 120 cm³/mol. The molecule has 0 fully saturated rings. The fourth-order valence-electron chi connectivity index (χ4n) is 2.81. The molecule has 33 heavy (non-hydrogen) atoms. The minimum absolute atomic E-state index is 0.0252. The number of hydrogen-bond acceptors (Lipinski definition) is 9. The maximum absolute atomic E-state index is 12.6. The van der Waals surface area contributed by atoms with Crippen LogP contribution in [0.4, 0.5) is 11.4 Å². The SMILES string of the molecule is CCOc1ccc(NC(=O)COC(=O)c2ccccc2SCc2cc(C)no2)c([N+](=O)[O-])c1. The average molecular weight is 471 g/mol. The van der Waals surface area contributed by atoms with E-state index in [0.29, 0.717) is 34.3 Å². The van der Waals surface area contributed by atoms with Crippen molar-refractivity contribution in [3.8, 4) is 5.75 Å². The van der Waals surface area contributed by atoms with Crippen LogP contribution in [-0.2, 0) is 15.3 Å². The number of anilines is 1. The van der Waals surface area contributed by atoms with E-state index in [9.17, 15) is 19.7 Å². The number of carbonyl (C=O) groups excluding carboxylic acids is 2. The molecule has 0 bridgehead atoms. The van der Waals surface area contributed by atoms with Crippen LogP contribution in [0.5, 0.6) is 5.75 Å². The molecule has 172 valence electrons. The van der Waals surface area contributed by atoms with Crippen molar-refractivity contribution < 1.29 is 28.5 Å². The molecule has 0 aliphatic rings. The number of nitrogens with zero attached hydrogens (tertiary/aromatic N) is 2. The lowest BCUT2D eigenvalue weighted by Crippen LogP contribution is -2.21. The first-order valence-corrected chi connectivity index (χ1v) is 10.9. The summed E-state index contributed by atoms with van der Waals surface area (Å²) in [5, 5.41) is 17.5. The molecule has 1 N–H and O–H groups in total. The van der Waals surface area contributed by atoms with E-state index in [1.165, 1.54) is 30.0 Å². The Hall–Kier alpha value is -3.86. The normalized spacial score (nSPS) is 10.5. The van der Waals surface area contributed by atoms with Gasteiger partial charge in [0.25, 0.3) is 11.6 Å². The lowest BCUT2D eigenvalue weighted by Gasteiger charge is -2.10. The van der Waals surface area contributed by atoms with Crippen molar-refractivity contribution in [2.24, 2.45) is 0 Å². The van der Waals surface area contributed by atoms with E-state index < -0.39 is 23.4 Å². The van der Waals surface area contributed by atoms with Crippen LogP contribution in [-0.4, -0.2) is 35.2 Å². The first-order valence-electron chi connectivity index (χ1n) is 9.89. The molecule has 0 unspecified atom stereocenters. The van der Waals surface area contributed by atoms with E-state index >= 15 is 0 Å². The van der Waals surface area contributed by atoms with Gasteiger partial charge in [-0.2, -0.15) is 0 Å². The van der Waals surface area contributed by atoms with Crippen molar-refractivity contribution in [3.05, 3.63) is 75.7 Å². The molecule has 0 saturated carbocycles. The van der Waals surface area contributed by atoms with Crippen molar-refractivity contribution in [2.75, 3.05) is 18.5 Å². The second-order valence-electron chi connectivity index (χ2n) is 6.71. The second kappa shape index (κ2) is 11.1. The molecule has 1 amide bonds. The van der Waals surface area contributed by atoms with Gasteiger partial charge in [-0.05, 0) is 38.1 Å². The molecule has 11 heteroatoms. The van der Waals surface area contributed by atoms with Crippen LogP contribution < -0.4 is 10.1 Å². The van der Waals surface area contributed by atoms with E-state index in [-0.39, 0.29) is 11.4 Å². The molecule has 1 heterocycles. The van der Waals surface area contributed by atoms with Crippen LogP contribution >= 0.6 is 11.8 Å². The smallest absolute Gasteiger partial charge is 0.339 e. The summed E-state index contributed by atoms with van der Waals surface area (Å²) in [6.45, 7) is 3.30. The summed E-state index contributed by atoms with van der Waals surface area (Å²) in [4.78, 5) is 36.2. The van der Waals surface area contributed by atoms with Gasteiger partial charge in [-0.3, -0.25) is 14.9 Å². The molecule has 0 radical (unpaired) electrons. The highest BCUT2D eigenvalue weighted by Gasteiger charge is 2.19. The van der Waals surface area contributed by atoms with Gasteiger partial charge in [0.15, 0.2) is 6.61 Å². The zero-order chi connectivity index (χ0) is 23.8. The van der Waals surface area contributed by atoms with Crippen molar-refractivity contribution >= 4 is 35.0 Å². The maximum atomic E-state index is 12.6. The third-order valence-electron chi connectivity index (χ3n) is 4.24. The van der Waals surface area contributed by atoms with E-state index in [4.69, 9.17) is 14.0 Å². The number of nitrogens with one attached hydrogen (secondary N) is 1. The number of thioether (sulfide) groups is 1. The number of benzene rings is 2. The second-order valence-corrected chi connectivity index (χ2v) is 7.73. The molecule has 0 spiro atoms. The lowest BCUT2D eigenvalue weighted by molar-refractivity contribution is -0.384. The first kappa shape index (κ1) is 23.8. The van der Waals surface area contributed by atoms with Crippen LogP contribution in [0, 0.1) is 17.0 Å². The Labute approximate surface area is 193 Å². The van der Waals surface area contributed by atoms with Gasteiger partial charge in [0.1, 0.15) is 17.2 Å². The van der Waals surface area contributed by atoms with E-state index in [0.717, 1.165) is 5.69 Å². The summed E-state index contributed by atoms with van der Waals surface area (Å²) in [7, 11) is 0. The molecule has 1 aromatic heterocycles. The average Bonchev–Trinajstić information content (AvgIpc) is 3.22. The largest absolute Gasteiger partial charge is 0.494 e. The third-order valence-corrected chi connectivity index (χ3v) is 5.33. The van der Waals surface area contributed by atoms with Gasteiger partial charge in [0.2, 0.25) is 0 Å². The quantitative estimate of drug-likeness (QED) is 0.198. The fraction of sp³-hybridized carbons (Fsp3) is 0.227. The zero-order valence-corrected chi connectivity index (χ0v) is 18.7. The van der Waals surface area contributed by atoms with E-state index in [2.05, 4.69) is 10.5 Å². The fourth-order valence-corrected chi connectivity index (χ4v) is 3.73. The topological polar surface area (TPSA) is 134 Å². The van der Waals surface area contributed by atoms with Gasteiger partial charge in [0.05, 0.1) is 34.6 Å². The van der Waals surface area contributed by atoms with Gasteiger partial charge >= 0.3 is 5.97 Å². The van der Waals surface area contributed by atoms with Crippen molar-refractivity contribution in [3.63, 3.8) is 0 Å². The monoisotopic (exact) mass is 471 g/mol. The number of nitro benzene ring substituents is 1. The number of rotatable bonds is 10. The van der Waals surface area contributed by atoms with Crippen molar-refractivity contribution in [1.82, 2.24) is 5.16 Å². The van der Waals surface area contributed by atoms with Gasteiger partial charge in [0, 0.05) is 11.0 Å². The summed E-state index contributed by atoms with van der Waals surface area (Å²) < 4.78 is 15.5. The molecule has 3 rings (SSSR count). The van der Waals surface area contributed by atoms with Crippen LogP contribution in [0.3, 0.4) is 0 Å². The molecule has 10 nitrogen and oxygen atoms in total. The molecule has 0 aliphatic carbocycles. The van der Waals surface area contributed by atoms with Crippen molar-refractivity contribution in [1.29, 1.82) is 0 Å². The molecule has 3 aromatic rings. The highest BCUT2D eigenvalue weighted by Crippen LogP contribution is 2.29. The lowest BCUT2D eigenvalue weighted by atomic mass is 10.2. The Kier molecular flexibility index (Phi) is 8.03. The van der Waals surface area contributed by atoms with Gasteiger partial charge in [-0.15, -0.1) is 11.8 Å². The molecule has 0 atom stereocenters. The molecule has 0 aliphatic heterocycles. The Morgan fingerprint density at radius 1 is 1.21 bits per heavy atom. The third kappa shape index (κ3) is 6.56. The number of esters is 1. The van der Waals surface area contributed by atoms with Gasteiger partial charge in [-0.25, -0.2) is 4.79 Å². The predicted octanol–water partition coefficient (Wildman–Crippen LogP) is 4.38. The first-order chi connectivity index (χ1) is 15.9. The van der Waals surface area contributed by atoms with Gasteiger partial charge < -0.3 is 19.3 Å². The molecular weight excluding hydrogens is 450 g/mol. The van der Waals surface area contributed by atoms with Crippen LogP contribution in [0.25, 0.3) is 0 Å². The van der Waals surface area contributed by atoms with Crippen LogP contribution in [0.2, 0.25) is 0 Å². The minimum atomic E-state index is -0.710. The van der Waals surface area contributed by atoms with E-state index in [1.807, 2.05) is 6.92 Å². The number of aromatic nitrogens is 1. The number of carbonyl (C=O) groups is 2. The van der Waals surface area contributed by atoms with E-state index in [1.54, 1.807) is 37.3 Å². The summed E-state index contributed by atoms with van der Waals surface area (Å²) in [5.41, 5.74) is 0.698. The number of hydrogen-bond donors (Lipinski definition) is 1. The molecule has 0 saturated heterocycles. The Morgan fingerprint density at radius 3 is 2.70 bits per heavy atom. The van der Waals surface area contributed by atoms with Crippen LogP contribution in [0.1, 0.15) is 28.7 Å². The minimum Gasteiger partial charge on any atom is -0.494 e. The maximum Gasteiger partial charge on any atom is 0.339 e. The standard InChI is InChI=1S/C22H21N3O7S/c1-3-30-15-8-9-18(19(11-15)25(28)29)23-21(26)12-31-22(27)17-6-4-5-7-20(17)33-13-16-10-14(2)24-32-16/h4-11H,3,12-13H2,1-2H3,(H,23,26). The number of aryl methyl sites for hydroxylation is 1. The van der Waals surface area contributed by atoms with Gasteiger partial charge in [-0.1, -0.05) is 17.3 Å².